The van der Waals surface area contributed by atoms with E-state index in [2.05, 4.69) is 5.32 Å². The van der Waals surface area contributed by atoms with E-state index in [4.69, 9.17) is 0 Å². The van der Waals surface area contributed by atoms with Gasteiger partial charge < -0.3 is 10.6 Å². The molecule has 0 fully saturated rings. The Hall–Kier alpha value is -2.55. The fraction of sp³-hybridized carbons (Fsp3) is 0.222. The molecule has 0 saturated carbocycles. The number of fused-ring (bicyclic) bond motifs is 1. The molecule has 2 aromatic carbocycles. The maximum absolute atomic E-state index is 13.9. The molecular formula is C18H14F4N2O2S. The highest BCUT2D eigenvalue weighted by Gasteiger charge is 2.39. The number of nitrogens with one attached hydrogen (secondary N) is 2. The molecule has 9 heteroatoms. The number of halogens is 4. The quantitative estimate of drug-likeness (QED) is 0.759. The van der Waals surface area contributed by atoms with E-state index >= 15 is 0 Å². The Morgan fingerprint density at radius 1 is 1.07 bits per heavy atom. The van der Waals surface area contributed by atoms with E-state index in [1.54, 1.807) is 11.4 Å². The zero-order valence-electron chi connectivity index (χ0n) is 13.8. The molecule has 27 heavy (non-hydrogen) atoms. The maximum atomic E-state index is 13.9. The zero-order valence-corrected chi connectivity index (χ0v) is 14.6. The third kappa shape index (κ3) is 4.24. The molecule has 0 aliphatic carbocycles. The van der Waals surface area contributed by atoms with Crippen molar-refractivity contribution >= 4 is 29.3 Å². The average Bonchev–Trinajstić information content (AvgIpc) is 2.62. The van der Waals surface area contributed by atoms with Crippen LogP contribution in [0.2, 0.25) is 0 Å². The van der Waals surface area contributed by atoms with Gasteiger partial charge >= 0.3 is 12.1 Å². The maximum Gasteiger partial charge on any atom is 0.471 e. The Balaban J connectivity index is 1.83. The van der Waals surface area contributed by atoms with Crippen molar-refractivity contribution in [2.24, 2.45) is 0 Å². The van der Waals surface area contributed by atoms with Crippen LogP contribution >= 0.6 is 11.8 Å². The summed E-state index contributed by atoms with van der Waals surface area (Å²) in [6.45, 7) is 0. The van der Waals surface area contributed by atoms with Crippen molar-refractivity contribution in [2.45, 2.75) is 23.5 Å². The second-order valence-corrected chi connectivity index (χ2v) is 6.92. The zero-order chi connectivity index (χ0) is 19.6. The van der Waals surface area contributed by atoms with Gasteiger partial charge in [0.2, 0.25) is 0 Å². The third-order valence-corrected chi connectivity index (χ3v) is 5.17. The van der Waals surface area contributed by atoms with Crippen molar-refractivity contribution < 1.29 is 27.2 Å². The van der Waals surface area contributed by atoms with Gasteiger partial charge in [0.05, 0.1) is 17.3 Å². The molecule has 4 nitrogen and oxygen atoms in total. The highest BCUT2D eigenvalue weighted by molar-refractivity contribution is 7.99. The van der Waals surface area contributed by atoms with Crippen molar-refractivity contribution in [2.75, 3.05) is 11.1 Å². The fourth-order valence-electron chi connectivity index (χ4n) is 2.76. The Labute approximate surface area is 156 Å². The molecule has 3 rings (SSSR count). The highest BCUT2D eigenvalue weighted by Crippen LogP contribution is 2.38. The summed E-state index contributed by atoms with van der Waals surface area (Å²) in [7, 11) is 0. The van der Waals surface area contributed by atoms with Crippen LogP contribution in [0.15, 0.2) is 47.4 Å². The molecule has 2 N–H and O–H groups in total. The second kappa shape index (κ2) is 7.59. The highest BCUT2D eigenvalue weighted by atomic mass is 32.2. The first kappa shape index (κ1) is 19.2. The van der Waals surface area contributed by atoms with Gasteiger partial charge in [0.1, 0.15) is 5.82 Å². The van der Waals surface area contributed by atoms with Gasteiger partial charge in [-0.2, -0.15) is 13.2 Å². The second-order valence-electron chi connectivity index (χ2n) is 5.82. The normalized spacial score (nSPS) is 16.4. The number of rotatable bonds is 3. The number of para-hydroxylation sites is 1. The molecule has 2 amide bonds. The predicted octanol–water partition coefficient (Wildman–Crippen LogP) is 4.29. The van der Waals surface area contributed by atoms with E-state index < -0.39 is 24.0 Å². The van der Waals surface area contributed by atoms with Crippen LogP contribution in [0.4, 0.5) is 23.2 Å². The van der Waals surface area contributed by atoms with Gasteiger partial charge in [0.15, 0.2) is 0 Å². The molecule has 2 aromatic rings. The summed E-state index contributed by atoms with van der Waals surface area (Å²) in [5.74, 6) is -2.61. The molecule has 0 saturated heterocycles. The van der Waals surface area contributed by atoms with Crippen LogP contribution < -0.4 is 10.6 Å². The molecule has 1 aliphatic rings. The lowest BCUT2D eigenvalue weighted by Crippen LogP contribution is -2.33. The van der Waals surface area contributed by atoms with E-state index in [1.165, 1.54) is 48.2 Å². The molecule has 1 atom stereocenters. The minimum Gasteiger partial charge on any atom is -0.345 e. The van der Waals surface area contributed by atoms with Crippen molar-refractivity contribution in [1.29, 1.82) is 0 Å². The largest absolute Gasteiger partial charge is 0.471 e. The first-order valence-electron chi connectivity index (χ1n) is 7.96. The molecule has 142 valence electrons. The number of anilines is 1. The molecule has 1 aliphatic heterocycles. The smallest absolute Gasteiger partial charge is 0.345 e. The Morgan fingerprint density at radius 3 is 2.56 bits per heavy atom. The topological polar surface area (TPSA) is 58.2 Å². The monoisotopic (exact) mass is 398 g/mol. The predicted molar refractivity (Wildman–Crippen MR) is 93.1 cm³/mol. The van der Waals surface area contributed by atoms with Crippen molar-refractivity contribution in [3.8, 4) is 0 Å². The number of benzene rings is 2. The summed E-state index contributed by atoms with van der Waals surface area (Å²) in [6, 6.07) is 9.50. The first-order chi connectivity index (χ1) is 12.8. The molecule has 0 spiro atoms. The van der Waals surface area contributed by atoms with E-state index in [0.29, 0.717) is 22.6 Å². The van der Waals surface area contributed by atoms with Crippen LogP contribution in [0.1, 0.15) is 28.4 Å². The average molecular weight is 398 g/mol. The minimum absolute atomic E-state index is 0.105. The lowest BCUT2D eigenvalue weighted by molar-refractivity contribution is -0.167. The summed E-state index contributed by atoms with van der Waals surface area (Å²) < 4.78 is 51.4. The fourth-order valence-corrected chi connectivity index (χ4v) is 3.90. The van der Waals surface area contributed by atoms with Gasteiger partial charge in [-0.05, 0) is 30.2 Å². The van der Waals surface area contributed by atoms with Crippen molar-refractivity contribution in [3.05, 3.63) is 59.4 Å². The Morgan fingerprint density at radius 2 is 1.81 bits per heavy atom. The number of amides is 2. The van der Waals surface area contributed by atoms with E-state index in [9.17, 15) is 27.2 Å². The Kier molecular flexibility index (Phi) is 5.41. The number of thioether (sulfide) groups is 1. The molecule has 1 heterocycles. The van der Waals surface area contributed by atoms with Crippen LogP contribution in [-0.2, 0) is 4.79 Å². The van der Waals surface area contributed by atoms with E-state index in [0.717, 1.165) is 0 Å². The van der Waals surface area contributed by atoms with Crippen LogP contribution in [-0.4, -0.2) is 23.7 Å². The molecular weight excluding hydrogens is 384 g/mol. The standard InChI is InChI=1S/C18H14F4N2O2S/c19-12-6-3-5-10-14(8-9-27-15(10)12)23-16(25)11-4-1-2-7-13(11)24-17(26)18(20,21)22/h1-7,14H,8-9H2,(H,23,25)(H,24,26). The minimum atomic E-state index is -5.07. The van der Waals surface area contributed by atoms with Crippen LogP contribution in [0.25, 0.3) is 0 Å². The van der Waals surface area contributed by atoms with Gasteiger partial charge in [-0.15, -0.1) is 11.8 Å². The third-order valence-electron chi connectivity index (χ3n) is 4.01. The van der Waals surface area contributed by atoms with E-state index in [1.807, 2.05) is 0 Å². The van der Waals surface area contributed by atoms with Gasteiger partial charge in [0.25, 0.3) is 5.91 Å². The lowest BCUT2D eigenvalue weighted by atomic mass is 10.0. The summed E-state index contributed by atoms with van der Waals surface area (Å²) >= 11 is 1.35. The Bertz CT molecular complexity index is 886. The number of carbonyl (C=O) groups excluding carboxylic acids is 2. The molecule has 0 radical (unpaired) electrons. The summed E-state index contributed by atoms with van der Waals surface area (Å²) in [5, 5.41) is 4.43. The first-order valence-corrected chi connectivity index (χ1v) is 8.95. The van der Waals surface area contributed by atoms with Crippen LogP contribution in [0, 0.1) is 5.82 Å². The van der Waals surface area contributed by atoms with E-state index in [-0.39, 0.29) is 17.1 Å². The van der Waals surface area contributed by atoms with Gasteiger partial charge in [-0.3, -0.25) is 9.59 Å². The van der Waals surface area contributed by atoms with Gasteiger partial charge in [0, 0.05) is 10.6 Å². The van der Waals surface area contributed by atoms with Gasteiger partial charge in [-0.25, -0.2) is 4.39 Å². The van der Waals surface area contributed by atoms with Crippen LogP contribution in [0.3, 0.4) is 0 Å². The van der Waals surface area contributed by atoms with Gasteiger partial charge in [-0.1, -0.05) is 24.3 Å². The lowest BCUT2D eigenvalue weighted by Gasteiger charge is -2.26. The molecule has 0 bridgehead atoms. The summed E-state index contributed by atoms with van der Waals surface area (Å²) in [5.41, 5.74) is 0.268. The summed E-state index contributed by atoms with van der Waals surface area (Å²) in [4.78, 5) is 24.3. The molecule has 0 aromatic heterocycles. The number of carbonyl (C=O) groups is 2. The number of hydrogen-bond acceptors (Lipinski definition) is 3. The number of hydrogen-bond donors (Lipinski definition) is 2. The number of alkyl halides is 3. The van der Waals surface area contributed by atoms with Crippen LogP contribution in [0.5, 0.6) is 0 Å². The van der Waals surface area contributed by atoms with Crippen molar-refractivity contribution in [1.82, 2.24) is 5.32 Å². The SMILES string of the molecule is O=C(NC1CCSc2c(F)cccc21)c1ccccc1NC(=O)C(F)(F)F. The summed E-state index contributed by atoms with van der Waals surface area (Å²) in [6.07, 6.45) is -4.52. The molecule has 1 unspecified atom stereocenters. The van der Waals surface area contributed by atoms with Crippen molar-refractivity contribution in [3.63, 3.8) is 0 Å².